The molecule has 1 saturated heterocycles. The highest BCUT2D eigenvalue weighted by molar-refractivity contribution is 5.99. The summed E-state index contributed by atoms with van der Waals surface area (Å²) >= 11 is 0. The summed E-state index contributed by atoms with van der Waals surface area (Å²) in [5.74, 6) is 1.43. The van der Waals surface area contributed by atoms with Crippen LogP contribution in [0.4, 0.5) is 10.2 Å². The third-order valence-corrected chi connectivity index (χ3v) is 8.05. The average Bonchev–Trinajstić information content (AvgIpc) is 3.50. The molecule has 7 nitrogen and oxygen atoms in total. The summed E-state index contributed by atoms with van der Waals surface area (Å²) in [5.41, 5.74) is 1.80. The Balaban J connectivity index is 1.38. The molecule has 4 heterocycles. The molecule has 0 radical (unpaired) electrons. The first-order chi connectivity index (χ1) is 18.5. The van der Waals surface area contributed by atoms with Gasteiger partial charge in [-0.1, -0.05) is 24.3 Å². The van der Waals surface area contributed by atoms with Gasteiger partial charge in [0.1, 0.15) is 29.4 Å². The number of halogens is 1. The van der Waals surface area contributed by atoms with Gasteiger partial charge in [0.2, 0.25) is 0 Å². The molecular weight excluding hydrogens is 481 g/mol. The van der Waals surface area contributed by atoms with Gasteiger partial charge < -0.3 is 19.3 Å². The van der Waals surface area contributed by atoms with Crippen LogP contribution in [0.1, 0.15) is 25.0 Å². The number of anilines is 1. The van der Waals surface area contributed by atoms with Crippen LogP contribution in [-0.2, 0) is 13.7 Å². The average molecular weight is 510 g/mol. The second-order valence-corrected chi connectivity index (χ2v) is 10.6. The standard InChI is InChI=1S/C30H28FN5O2/c1-35-10-4-6-21(35)17-38-30-33-28-25(29(34-30)36-15-18-8-9-19(11-18)16-36)14-32-27(26(28)31)24-13-22(37)12-20-5-2-3-7-23(20)24/h2-7,10,12-14,18-19,37H,8-9,11,15-17H2,1H3. The van der Waals surface area contributed by atoms with Crippen LogP contribution in [0.5, 0.6) is 11.8 Å². The monoisotopic (exact) mass is 509 g/mol. The molecular formula is C30H28FN5O2. The molecule has 2 bridgehead atoms. The quantitative estimate of drug-likeness (QED) is 0.321. The maximum absolute atomic E-state index is 16.4. The zero-order chi connectivity index (χ0) is 25.8. The summed E-state index contributed by atoms with van der Waals surface area (Å²) in [4.78, 5) is 16.2. The summed E-state index contributed by atoms with van der Waals surface area (Å²) in [6.07, 6.45) is 7.31. The van der Waals surface area contributed by atoms with Crippen molar-refractivity contribution in [3.8, 4) is 23.0 Å². The number of hydrogen-bond donors (Lipinski definition) is 1. The van der Waals surface area contributed by atoms with Crippen LogP contribution in [0, 0.1) is 17.7 Å². The Morgan fingerprint density at radius 2 is 1.84 bits per heavy atom. The molecule has 3 aromatic heterocycles. The molecule has 1 saturated carbocycles. The van der Waals surface area contributed by atoms with Gasteiger partial charge in [0.25, 0.3) is 0 Å². The van der Waals surface area contributed by atoms with E-state index in [4.69, 9.17) is 9.72 Å². The highest BCUT2D eigenvalue weighted by Crippen LogP contribution is 2.41. The second-order valence-electron chi connectivity index (χ2n) is 10.6. The number of aromatic hydroxyl groups is 1. The minimum atomic E-state index is -0.550. The first-order valence-corrected chi connectivity index (χ1v) is 13.1. The minimum Gasteiger partial charge on any atom is -0.508 e. The van der Waals surface area contributed by atoms with Crippen LogP contribution in [0.3, 0.4) is 0 Å². The van der Waals surface area contributed by atoms with Crippen molar-refractivity contribution in [3.63, 3.8) is 0 Å². The van der Waals surface area contributed by atoms with Gasteiger partial charge >= 0.3 is 6.01 Å². The molecule has 0 amide bonds. The second kappa shape index (κ2) is 8.97. The van der Waals surface area contributed by atoms with Crippen molar-refractivity contribution in [1.29, 1.82) is 0 Å². The summed E-state index contributed by atoms with van der Waals surface area (Å²) in [6, 6.07) is 14.8. The first-order valence-electron chi connectivity index (χ1n) is 13.1. The van der Waals surface area contributed by atoms with E-state index in [9.17, 15) is 5.11 Å². The number of nitrogens with zero attached hydrogens (tertiary/aromatic N) is 5. The lowest BCUT2D eigenvalue weighted by atomic mass is 9.98. The van der Waals surface area contributed by atoms with E-state index in [0.717, 1.165) is 29.6 Å². The van der Waals surface area contributed by atoms with E-state index in [1.807, 2.05) is 54.2 Å². The number of hydrogen-bond acceptors (Lipinski definition) is 6. The molecule has 5 aromatic rings. The van der Waals surface area contributed by atoms with Gasteiger partial charge in [0, 0.05) is 38.1 Å². The lowest BCUT2D eigenvalue weighted by molar-refractivity contribution is 0.273. The molecule has 2 atom stereocenters. The van der Waals surface area contributed by atoms with E-state index >= 15 is 4.39 Å². The Bertz CT molecular complexity index is 1670. The molecule has 38 heavy (non-hydrogen) atoms. The minimum absolute atomic E-state index is 0.0544. The van der Waals surface area contributed by atoms with Gasteiger partial charge in [0.15, 0.2) is 5.82 Å². The highest BCUT2D eigenvalue weighted by atomic mass is 19.1. The fraction of sp³-hybridized carbons (Fsp3) is 0.300. The largest absolute Gasteiger partial charge is 0.508 e. The summed E-state index contributed by atoms with van der Waals surface area (Å²) in [5, 5.41) is 12.6. The van der Waals surface area contributed by atoms with Crippen LogP contribution in [0.2, 0.25) is 0 Å². The molecule has 2 aliphatic rings. The third kappa shape index (κ3) is 3.91. The number of phenolic OH excluding ortho intramolecular Hbond substituents is 1. The molecule has 1 N–H and O–H groups in total. The highest BCUT2D eigenvalue weighted by Gasteiger charge is 2.34. The molecule has 2 aromatic carbocycles. The topological polar surface area (TPSA) is 76.3 Å². The fourth-order valence-electron chi connectivity index (χ4n) is 6.17. The molecule has 7 rings (SSSR count). The Kier molecular flexibility index (Phi) is 5.42. The zero-order valence-corrected chi connectivity index (χ0v) is 21.1. The Morgan fingerprint density at radius 3 is 2.63 bits per heavy atom. The Labute approximate surface area is 219 Å². The molecule has 2 fully saturated rings. The van der Waals surface area contributed by atoms with Crippen molar-refractivity contribution in [2.24, 2.45) is 18.9 Å². The maximum Gasteiger partial charge on any atom is 0.319 e. The van der Waals surface area contributed by atoms with Crippen LogP contribution in [0.25, 0.3) is 32.9 Å². The lowest BCUT2D eigenvalue weighted by Gasteiger charge is -2.33. The molecule has 192 valence electrons. The Morgan fingerprint density at radius 1 is 1.03 bits per heavy atom. The van der Waals surface area contributed by atoms with Crippen LogP contribution < -0.4 is 9.64 Å². The van der Waals surface area contributed by atoms with Crippen molar-refractivity contribution in [1.82, 2.24) is 19.5 Å². The van der Waals surface area contributed by atoms with E-state index < -0.39 is 5.82 Å². The SMILES string of the molecule is Cn1cccc1COc1nc(N2CC3CCC(C3)C2)c2cnc(-c3cc(O)cc4ccccc34)c(F)c2n1. The van der Waals surface area contributed by atoms with E-state index in [1.54, 1.807) is 18.3 Å². The predicted molar refractivity (Wildman–Crippen MR) is 145 cm³/mol. The molecule has 8 heteroatoms. The van der Waals surface area contributed by atoms with E-state index in [-0.39, 0.29) is 29.6 Å². The number of benzene rings is 2. The van der Waals surface area contributed by atoms with Gasteiger partial charge in [-0.15, -0.1) is 0 Å². The van der Waals surface area contributed by atoms with E-state index in [0.29, 0.717) is 28.6 Å². The maximum atomic E-state index is 16.4. The van der Waals surface area contributed by atoms with Crippen LogP contribution in [-0.4, -0.2) is 37.7 Å². The first kappa shape index (κ1) is 23.0. The number of aromatic nitrogens is 4. The lowest BCUT2D eigenvalue weighted by Crippen LogP contribution is -2.37. The molecule has 2 unspecified atom stereocenters. The van der Waals surface area contributed by atoms with Crippen LogP contribution in [0.15, 0.2) is 60.9 Å². The number of piperidine rings is 1. The third-order valence-electron chi connectivity index (χ3n) is 8.05. The van der Waals surface area contributed by atoms with Gasteiger partial charge in [-0.25, -0.2) is 4.39 Å². The number of rotatable bonds is 5. The van der Waals surface area contributed by atoms with Gasteiger partial charge in [0.05, 0.1) is 11.1 Å². The predicted octanol–water partition coefficient (Wildman–Crippen LogP) is 5.84. The molecule has 0 spiro atoms. The van der Waals surface area contributed by atoms with E-state index in [2.05, 4.69) is 14.9 Å². The summed E-state index contributed by atoms with van der Waals surface area (Å²) in [6.45, 7) is 2.05. The summed E-state index contributed by atoms with van der Waals surface area (Å²) < 4.78 is 24.4. The number of aryl methyl sites for hydroxylation is 1. The van der Waals surface area contributed by atoms with Crippen molar-refractivity contribution < 1.29 is 14.2 Å². The van der Waals surface area contributed by atoms with Crippen molar-refractivity contribution in [2.45, 2.75) is 25.9 Å². The zero-order valence-electron chi connectivity index (χ0n) is 21.1. The van der Waals surface area contributed by atoms with Crippen molar-refractivity contribution >= 4 is 27.5 Å². The number of ether oxygens (including phenoxy) is 1. The van der Waals surface area contributed by atoms with Gasteiger partial charge in [-0.05, 0) is 66.1 Å². The normalized spacial score (nSPS) is 18.9. The van der Waals surface area contributed by atoms with E-state index in [1.165, 1.54) is 19.3 Å². The summed E-state index contributed by atoms with van der Waals surface area (Å²) in [7, 11) is 1.95. The van der Waals surface area contributed by atoms with Crippen molar-refractivity contribution in [2.75, 3.05) is 18.0 Å². The molecule has 1 aliphatic carbocycles. The number of phenols is 1. The van der Waals surface area contributed by atoms with Gasteiger partial charge in [-0.2, -0.15) is 9.97 Å². The number of pyridine rings is 1. The number of fused-ring (bicyclic) bond motifs is 4. The van der Waals surface area contributed by atoms with Crippen molar-refractivity contribution in [3.05, 3.63) is 72.4 Å². The fourth-order valence-corrected chi connectivity index (χ4v) is 6.17. The van der Waals surface area contributed by atoms with Crippen LogP contribution >= 0.6 is 0 Å². The smallest absolute Gasteiger partial charge is 0.319 e. The Hall–Kier alpha value is -4.20. The van der Waals surface area contributed by atoms with Gasteiger partial charge in [-0.3, -0.25) is 4.98 Å². The molecule has 1 aliphatic heterocycles.